The van der Waals surface area contributed by atoms with Gasteiger partial charge in [0.05, 0.1) is 12.0 Å². The number of ether oxygens (including phenoxy) is 1. The van der Waals surface area contributed by atoms with Crippen LogP contribution in [0.25, 0.3) is 0 Å². The Morgan fingerprint density at radius 1 is 1.33 bits per heavy atom. The van der Waals surface area contributed by atoms with E-state index in [1.165, 1.54) is 11.1 Å². The molecule has 0 bridgehead atoms. The molecule has 0 spiro atoms. The summed E-state index contributed by atoms with van der Waals surface area (Å²) >= 11 is 0. The van der Waals surface area contributed by atoms with Gasteiger partial charge in [-0.25, -0.2) is 0 Å². The lowest BCUT2D eigenvalue weighted by atomic mass is 9.54. The number of carboxylic acids is 1. The van der Waals surface area contributed by atoms with Crippen LogP contribution in [-0.4, -0.2) is 29.4 Å². The lowest BCUT2D eigenvalue weighted by Crippen LogP contribution is -2.46. The summed E-state index contributed by atoms with van der Waals surface area (Å²) in [5, 5.41) is 19.6. The Hall–Kier alpha value is -1.55. The second-order valence-electron chi connectivity index (χ2n) is 8.17. The highest BCUT2D eigenvalue weighted by molar-refractivity contribution is 5.71. The van der Waals surface area contributed by atoms with Gasteiger partial charge in [-0.1, -0.05) is 13.0 Å². The molecule has 2 N–H and O–H groups in total. The number of aromatic hydroxyl groups is 1. The van der Waals surface area contributed by atoms with Crippen LogP contribution in [0.1, 0.15) is 49.7 Å². The van der Waals surface area contributed by atoms with Crippen molar-refractivity contribution in [2.45, 2.75) is 51.0 Å². The molecule has 2 fully saturated rings. The van der Waals surface area contributed by atoms with E-state index in [1.54, 1.807) is 13.2 Å². The van der Waals surface area contributed by atoms with E-state index in [1.807, 2.05) is 6.07 Å². The molecule has 2 unspecified atom stereocenters. The van der Waals surface area contributed by atoms with Crippen LogP contribution >= 0.6 is 0 Å². The van der Waals surface area contributed by atoms with Gasteiger partial charge < -0.3 is 14.9 Å². The summed E-state index contributed by atoms with van der Waals surface area (Å²) in [7, 11) is 1.72. The highest BCUT2D eigenvalue weighted by Gasteiger charge is 2.60. The summed E-state index contributed by atoms with van der Waals surface area (Å²) in [5.41, 5.74) is 2.54. The van der Waals surface area contributed by atoms with Crippen molar-refractivity contribution in [1.82, 2.24) is 0 Å². The molecule has 4 rings (SSSR count). The lowest BCUT2D eigenvalue weighted by molar-refractivity contribution is -0.146. The molecule has 24 heavy (non-hydrogen) atoms. The molecule has 3 aliphatic carbocycles. The first-order valence-corrected chi connectivity index (χ1v) is 9.03. The van der Waals surface area contributed by atoms with E-state index in [-0.39, 0.29) is 23.4 Å². The summed E-state index contributed by atoms with van der Waals surface area (Å²) < 4.78 is 5.73. The number of hydrogen-bond donors (Lipinski definition) is 2. The topological polar surface area (TPSA) is 66.8 Å². The first kappa shape index (κ1) is 15.9. The molecule has 4 heteroatoms. The lowest BCUT2D eigenvalue weighted by Gasteiger charge is -2.51. The smallest absolute Gasteiger partial charge is 0.306 e. The maximum Gasteiger partial charge on any atom is 0.306 e. The summed E-state index contributed by atoms with van der Waals surface area (Å²) in [5.74, 6) is 0.374. The third-order valence-electron chi connectivity index (χ3n) is 7.25. The monoisotopic (exact) mass is 330 g/mol. The Kier molecular flexibility index (Phi) is 3.64. The number of benzene rings is 1. The zero-order valence-corrected chi connectivity index (χ0v) is 14.4. The first-order valence-electron chi connectivity index (χ1n) is 9.03. The minimum Gasteiger partial charge on any atom is -0.508 e. The molecular formula is C20H26O4. The summed E-state index contributed by atoms with van der Waals surface area (Å²) in [6.07, 6.45) is 4.73. The van der Waals surface area contributed by atoms with Crippen molar-refractivity contribution >= 4 is 5.97 Å². The van der Waals surface area contributed by atoms with Gasteiger partial charge in [-0.3, -0.25) is 4.79 Å². The average molecular weight is 330 g/mol. The zero-order chi connectivity index (χ0) is 17.1. The Morgan fingerprint density at radius 3 is 2.83 bits per heavy atom. The molecule has 0 aromatic heterocycles. The van der Waals surface area contributed by atoms with Gasteiger partial charge in [0.25, 0.3) is 0 Å². The van der Waals surface area contributed by atoms with Crippen molar-refractivity contribution in [1.29, 1.82) is 0 Å². The molecule has 0 amide bonds. The predicted octanol–water partition coefficient (Wildman–Crippen LogP) is 3.57. The summed E-state index contributed by atoms with van der Waals surface area (Å²) in [6.45, 7) is 2.25. The molecule has 0 aliphatic heterocycles. The fraction of sp³-hybridized carbons (Fsp3) is 0.650. The number of hydrogen-bond acceptors (Lipinski definition) is 3. The molecule has 130 valence electrons. The molecule has 4 nitrogen and oxygen atoms in total. The number of carboxylic acid groups (broad SMARTS) is 1. The Balaban J connectivity index is 1.74. The highest BCUT2D eigenvalue weighted by Crippen LogP contribution is 2.63. The number of phenols is 1. The van der Waals surface area contributed by atoms with E-state index >= 15 is 0 Å². The third kappa shape index (κ3) is 2.12. The highest BCUT2D eigenvalue weighted by atomic mass is 16.5. The van der Waals surface area contributed by atoms with Gasteiger partial charge in [-0.05, 0) is 78.5 Å². The minimum atomic E-state index is -0.664. The maximum atomic E-state index is 11.9. The van der Waals surface area contributed by atoms with Crippen LogP contribution in [0.15, 0.2) is 18.2 Å². The fourth-order valence-corrected chi connectivity index (χ4v) is 6.25. The number of methoxy groups -OCH3 is 1. The Morgan fingerprint density at radius 2 is 2.12 bits per heavy atom. The van der Waals surface area contributed by atoms with Crippen molar-refractivity contribution in [3.8, 4) is 5.75 Å². The van der Waals surface area contributed by atoms with Crippen LogP contribution in [0.5, 0.6) is 5.75 Å². The van der Waals surface area contributed by atoms with Gasteiger partial charge >= 0.3 is 5.97 Å². The normalized spacial score (nSPS) is 40.5. The van der Waals surface area contributed by atoms with E-state index in [0.29, 0.717) is 24.0 Å². The molecular weight excluding hydrogens is 304 g/mol. The molecule has 0 radical (unpaired) electrons. The van der Waals surface area contributed by atoms with Crippen LogP contribution < -0.4 is 0 Å². The Bertz CT molecular complexity index is 670. The predicted molar refractivity (Wildman–Crippen MR) is 90.0 cm³/mol. The average Bonchev–Trinajstić information content (AvgIpc) is 2.87. The van der Waals surface area contributed by atoms with Crippen LogP contribution in [-0.2, 0) is 16.0 Å². The third-order valence-corrected chi connectivity index (χ3v) is 7.25. The van der Waals surface area contributed by atoms with Crippen LogP contribution in [0, 0.1) is 23.2 Å². The molecule has 1 aromatic carbocycles. The molecule has 2 saturated carbocycles. The number of fused-ring (bicyclic) bond motifs is 5. The number of aliphatic carboxylic acids is 1. The molecule has 0 saturated heterocycles. The largest absolute Gasteiger partial charge is 0.508 e. The van der Waals surface area contributed by atoms with E-state index in [4.69, 9.17) is 4.74 Å². The number of rotatable bonds is 2. The van der Waals surface area contributed by atoms with Gasteiger partial charge in [-0.2, -0.15) is 0 Å². The van der Waals surface area contributed by atoms with Crippen molar-refractivity contribution in [2.75, 3.05) is 7.11 Å². The van der Waals surface area contributed by atoms with Crippen molar-refractivity contribution in [2.24, 2.45) is 23.2 Å². The van der Waals surface area contributed by atoms with E-state index in [9.17, 15) is 15.0 Å². The second-order valence-corrected chi connectivity index (χ2v) is 8.17. The van der Waals surface area contributed by atoms with E-state index < -0.39 is 5.97 Å². The number of aryl methyl sites for hydroxylation is 1. The Labute approximate surface area is 142 Å². The standard InChI is InChI=1S/C20H26O4/c1-20-8-7-14-13-6-4-12(21)9-11(13)3-5-15(14)18(20)16(19(22)23)10-17(20)24-2/h4,6,9,14-18,21H,3,5,7-8,10H2,1-2H3,(H,22,23)/t14-,15-,16?,17?,18-,20-/m1/s1. The van der Waals surface area contributed by atoms with Gasteiger partial charge in [0, 0.05) is 7.11 Å². The number of carbonyl (C=O) groups is 1. The van der Waals surface area contributed by atoms with Crippen molar-refractivity contribution in [3.05, 3.63) is 29.3 Å². The van der Waals surface area contributed by atoms with E-state index in [0.717, 1.165) is 25.7 Å². The minimum absolute atomic E-state index is 0.0343. The maximum absolute atomic E-state index is 11.9. The summed E-state index contributed by atoms with van der Waals surface area (Å²) in [6, 6.07) is 5.72. The molecule has 0 heterocycles. The van der Waals surface area contributed by atoms with Crippen molar-refractivity contribution in [3.63, 3.8) is 0 Å². The van der Waals surface area contributed by atoms with Crippen molar-refractivity contribution < 1.29 is 19.7 Å². The van der Waals surface area contributed by atoms with Gasteiger partial charge in [0.1, 0.15) is 5.75 Å². The van der Waals surface area contributed by atoms with Crippen LogP contribution in [0.2, 0.25) is 0 Å². The van der Waals surface area contributed by atoms with Crippen LogP contribution in [0.4, 0.5) is 0 Å². The van der Waals surface area contributed by atoms with Gasteiger partial charge in [0.15, 0.2) is 0 Å². The van der Waals surface area contributed by atoms with Gasteiger partial charge in [0.2, 0.25) is 0 Å². The molecule has 1 aromatic rings. The van der Waals surface area contributed by atoms with E-state index in [2.05, 4.69) is 13.0 Å². The van der Waals surface area contributed by atoms with Crippen LogP contribution in [0.3, 0.4) is 0 Å². The summed E-state index contributed by atoms with van der Waals surface area (Å²) in [4.78, 5) is 11.9. The van der Waals surface area contributed by atoms with Gasteiger partial charge in [-0.15, -0.1) is 0 Å². The molecule has 6 atom stereocenters. The first-order chi connectivity index (χ1) is 11.5. The zero-order valence-electron chi connectivity index (χ0n) is 14.4. The number of phenolic OH excluding ortho intramolecular Hbond substituents is 1. The second kappa shape index (κ2) is 5.48. The quantitative estimate of drug-likeness (QED) is 0.870. The molecule has 3 aliphatic rings. The SMILES string of the molecule is COC1CC(C(=O)O)[C@H]2[C@@H]3CCc4cc(O)ccc4[C@H]3CC[C@]12C. The fourth-order valence-electron chi connectivity index (χ4n) is 6.25.